The van der Waals surface area contributed by atoms with Crippen molar-refractivity contribution in [2.24, 2.45) is 0 Å². The molecule has 2 nitrogen and oxygen atoms in total. The van der Waals surface area contributed by atoms with Crippen molar-refractivity contribution < 1.29 is 44.6 Å². The predicted molar refractivity (Wildman–Crippen MR) is 58.7 cm³/mol. The Balaban J connectivity index is 3.50. The van der Waals surface area contributed by atoms with E-state index >= 15 is 0 Å². The maximum atomic E-state index is 12.6. The van der Waals surface area contributed by atoms with E-state index in [1.54, 1.807) is 0 Å². The van der Waals surface area contributed by atoms with E-state index in [0.29, 0.717) is 0 Å². The Morgan fingerprint density at radius 2 is 1.23 bits per heavy atom. The third-order valence-electron chi connectivity index (χ3n) is 2.17. The first-order chi connectivity index (χ1) is 9.74. The van der Waals surface area contributed by atoms with Gasteiger partial charge in [-0.15, -0.1) is 0 Å². The molecule has 0 spiro atoms. The SMILES string of the molecule is OC#[SH](NC(F)(F)F)c1cc(C(F)(F)F)cc(C(F)(F)F)c1. The van der Waals surface area contributed by atoms with E-state index in [1.807, 2.05) is 0 Å². The number of hydrogen-bond donors (Lipinski definition) is 3. The molecule has 0 heterocycles. The molecule has 0 fully saturated rings. The van der Waals surface area contributed by atoms with Crippen molar-refractivity contribution in [3.05, 3.63) is 29.3 Å². The quantitative estimate of drug-likeness (QED) is 0.365. The average molecular weight is 359 g/mol. The van der Waals surface area contributed by atoms with Crippen LogP contribution in [0.2, 0.25) is 0 Å². The van der Waals surface area contributed by atoms with Crippen LogP contribution in [0.3, 0.4) is 0 Å². The number of aliphatic hydroxyl groups is 1. The Kier molecular flexibility index (Phi) is 5.12. The van der Waals surface area contributed by atoms with Gasteiger partial charge in [0.15, 0.2) is 0 Å². The molecular formula is C10H6F9NOS. The summed E-state index contributed by atoms with van der Waals surface area (Å²) in [6.07, 6.45) is -15.5. The third kappa shape index (κ3) is 5.13. The Labute approximate surface area is 119 Å². The molecule has 2 N–H and O–H groups in total. The fourth-order valence-corrected chi connectivity index (χ4v) is 2.43. The zero-order chi connectivity index (χ0) is 17.3. The molecule has 12 heteroatoms. The van der Waals surface area contributed by atoms with Crippen LogP contribution in [0.5, 0.6) is 0 Å². The van der Waals surface area contributed by atoms with Crippen LogP contribution in [0.15, 0.2) is 23.1 Å². The molecule has 22 heavy (non-hydrogen) atoms. The number of hydrogen-bond acceptors (Lipinski definition) is 2. The molecule has 0 aliphatic heterocycles. The van der Waals surface area contributed by atoms with E-state index in [4.69, 9.17) is 5.11 Å². The Hall–Kier alpha value is -1.36. The average Bonchev–Trinajstić information content (AvgIpc) is 2.32. The molecule has 1 aromatic carbocycles. The van der Waals surface area contributed by atoms with Crippen molar-refractivity contribution in [2.75, 3.05) is 0 Å². The molecule has 1 rings (SSSR count). The summed E-state index contributed by atoms with van der Waals surface area (Å²) < 4.78 is 113. The van der Waals surface area contributed by atoms with E-state index in [-0.39, 0.29) is 18.2 Å². The summed E-state index contributed by atoms with van der Waals surface area (Å²) in [5.74, 6) is 0. The van der Waals surface area contributed by atoms with Crippen LogP contribution < -0.4 is 4.72 Å². The summed E-state index contributed by atoms with van der Waals surface area (Å²) in [5.41, 5.74) is -3.58. The van der Waals surface area contributed by atoms with Gasteiger partial charge in [-0.05, 0) is 18.2 Å². The minimum atomic E-state index is -5.20. The fourth-order valence-electron chi connectivity index (χ4n) is 1.34. The Morgan fingerprint density at radius 1 is 0.818 bits per heavy atom. The van der Waals surface area contributed by atoms with E-state index in [1.165, 1.54) is 0 Å². The Morgan fingerprint density at radius 3 is 1.50 bits per heavy atom. The minimum absolute atomic E-state index is 0.0862. The number of nitrogens with one attached hydrogen (secondary N) is 1. The number of aliphatic hydroxyl groups excluding tert-OH is 1. The molecule has 0 aliphatic rings. The molecule has 1 unspecified atom stereocenters. The Bertz CT molecular complexity index is 600. The van der Waals surface area contributed by atoms with Gasteiger partial charge in [0, 0.05) is 10.3 Å². The molecule has 0 radical (unpaired) electrons. The number of rotatable bonds is 0. The van der Waals surface area contributed by atoms with Crippen LogP contribution in [0, 0.1) is 5.37 Å². The molecule has 0 amide bonds. The summed E-state index contributed by atoms with van der Waals surface area (Å²) in [6, 6.07) is -0.0617. The molecule has 0 saturated carbocycles. The van der Waals surface area contributed by atoms with Gasteiger partial charge in [-0.1, -0.05) is 10.5 Å². The van der Waals surface area contributed by atoms with Crippen LogP contribution in [0.1, 0.15) is 11.1 Å². The number of benzene rings is 1. The lowest BCUT2D eigenvalue weighted by Crippen LogP contribution is -2.26. The summed E-state index contributed by atoms with van der Waals surface area (Å²) >= 11 is 0. The highest BCUT2D eigenvalue weighted by atomic mass is 32.2. The van der Waals surface area contributed by atoms with E-state index in [2.05, 4.69) is 0 Å². The van der Waals surface area contributed by atoms with Crippen LogP contribution in [-0.2, 0) is 12.4 Å². The maximum absolute atomic E-state index is 12.6. The fraction of sp³-hybridized carbons (Fsp3) is 0.300. The molecule has 0 aromatic heterocycles. The number of halogens is 9. The van der Waals surface area contributed by atoms with Crippen molar-refractivity contribution in [1.82, 2.24) is 4.72 Å². The summed E-state index contributed by atoms with van der Waals surface area (Å²) in [6.45, 7) is 0. The molecule has 1 atom stereocenters. The van der Waals surface area contributed by atoms with Crippen LogP contribution >= 0.6 is 10.5 Å². The van der Waals surface area contributed by atoms with Gasteiger partial charge in [-0.2, -0.15) is 44.2 Å². The topological polar surface area (TPSA) is 32.3 Å². The highest BCUT2D eigenvalue weighted by molar-refractivity contribution is 8.05. The van der Waals surface area contributed by atoms with Crippen LogP contribution in [-0.4, -0.2) is 11.4 Å². The summed E-state index contributed by atoms with van der Waals surface area (Å²) in [5, 5.41) is 9.62. The standard InChI is InChI=1S/C10H6F9NOS/c11-8(12,13)5-1-6(9(14,15)16)3-7(2-5)22(4-21)20-10(17,18)19/h1-3,20-22H. The van der Waals surface area contributed by atoms with Crippen LogP contribution in [0.4, 0.5) is 39.5 Å². The van der Waals surface area contributed by atoms with Crippen molar-refractivity contribution in [2.45, 2.75) is 23.5 Å². The zero-order valence-electron chi connectivity index (χ0n) is 10.0. The highest BCUT2D eigenvalue weighted by Crippen LogP contribution is 2.39. The lowest BCUT2D eigenvalue weighted by molar-refractivity contribution is -0.143. The van der Waals surface area contributed by atoms with E-state index in [9.17, 15) is 39.5 Å². The second-order valence-electron chi connectivity index (χ2n) is 3.81. The lowest BCUT2D eigenvalue weighted by Gasteiger charge is -2.17. The van der Waals surface area contributed by atoms with Gasteiger partial charge in [0.05, 0.1) is 11.1 Å². The van der Waals surface area contributed by atoms with Crippen LogP contribution in [0.25, 0.3) is 0 Å². The molecule has 0 bridgehead atoms. The second-order valence-corrected chi connectivity index (χ2v) is 5.42. The molecule has 126 valence electrons. The maximum Gasteiger partial charge on any atom is 0.466 e. The first-order valence-corrected chi connectivity index (χ1v) is 6.42. The molecule has 1 aromatic rings. The van der Waals surface area contributed by atoms with Gasteiger partial charge >= 0.3 is 18.7 Å². The third-order valence-corrected chi connectivity index (χ3v) is 3.62. The van der Waals surface area contributed by atoms with E-state index in [0.717, 1.165) is 10.1 Å². The van der Waals surface area contributed by atoms with Crippen molar-refractivity contribution in [1.29, 1.82) is 0 Å². The number of thiol groups is 1. The summed E-state index contributed by atoms with van der Waals surface area (Å²) in [7, 11) is -3.14. The predicted octanol–water partition coefficient (Wildman–Crippen LogP) is 4.40. The van der Waals surface area contributed by atoms with Gasteiger partial charge < -0.3 is 5.11 Å². The van der Waals surface area contributed by atoms with Gasteiger partial charge in [0.1, 0.15) is 0 Å². The van der Waals surface area contributed by atoms with Gasteiger partial charge in [0.25, 0.3) is 0 Å². The lowest BCUT2D eigenvalue weighted by atomic mass is 10.1. The summed E-state index contributed by atoms with van der Waals surface area (Å²) in [4.78, 5) is -1.03. The minimum Gasteiger partial charge on any atom is -0.315 e. The van der Waals surface area contributed by atoms with Crippen molar-refractivity contribution in [3.8, 4) is 5.37 Å². The normalized spacial score (nSPS) is 14.6. The van der Waals surface area contributed by atoms with Crippen molar-refractivity contribution in [3.63, 3.8) is 0 Å². The van der Waals surface area contributed by atoms with Crippen molar-refractivity contribution >= 4 is 10.5 Å². The first-order valence-electron chi connectivity index (χ1n) is 5.08. The van der Waals surface area contributed by atoms with E-state index < -0.39 is 45.2 Å². The van der Waals surface area contributed by atoms with Gasteiger partial charge in [0.2, 0.25) is 0 Å². The molecule has 0 aliphatic carbocycles. The second kappa shape index (κ2) is 6.03. The highest BCUT2D eigenvalue weighted by Gasteiger charge is 2.37. The van der Waals surface area contributed by atoms with Gasteiger partial charge in [-0.3, -0.25) is 0 Å². The largest absolute Gasteiger partial charge is 0.466 e. The smallest absolute Gasteiger partial charge is 0.315 e. The van der Waals surface area contributed by atoms with Gasteiger partial charge in [-0.25, -0.2) is 0 Å². The zero-order valence-corrected chi connectivity index (χ0v) is 10.9. The monoisotopic (exact) mass is 359 g/mol. The molecule has 0 saturated heterocycles. The number of alkyl halides is 9. The molecular weight excluding hydrogens is 353 g/mol. The first kappa shape index (κ1) is 18.7.